The average molecular weight is 640 g/mol. The molecule has 0 radical (unpaired) electrons. The van der Waals surface area contributed by atoms with Gasteiger partial charge in [0.2, 0.25) is 11.8 Å². The minimum absolute atomic E-state index is 0.117. The maximum Gasteiger partial charge on any atom is 0.335 e. The van der Waals surface area contributed by atoms with E-state index in [9.17, 15) is 19.5 Å². The molecule has 0 unspecified atom stereocenters. The SMILES string of the molecule is O=C(O)c1ccc(NC(=O)[C@@H]2[C@H](c3ccccc3)C[C@H](C3CCNCC3)CN2C(=O)/C=C/c2cc(Cl)ccc2-n2cnnn2)cc1. The molecule has 4 aromatic rings. The van der Waals surface area contributed by atoms with Crippen LogP contribution >= 0.6 is 11.6 Å². The van der Waals surface area contributed by atoms with Gasteiger partial charge in [0.25, 0.3) is 0 Å². The number of aromatic carboxylic acids is 1. The second-order valence-corrected chi connectivity index (χ2v) is 12.1. The Labute approximate surface area is 271 Å². The molecular formula is C34H34ClN7O4. The number of anilines is 1. The Bertz CT molecular complexity index is 1710. The number of carboxylic acids is 1. The van der Waals surface area contributed by atoms with Crippen molar-refractivity contribution in [3.63, 3.8) is 0 Å². The molecule has 236 valence electrons. The number of nitrogens with zero attached hydrogens (tertiary/aromatic N) is 5. The number of likely N-dealkylation sites (tertiary alicyclic amines) is 1. The first-order chi connectivity index (χ1) is 22.4. The number of hydrogen-bond acceptors (Lipinski definition) is 7. The van der Waals surface area contributed by atoms with Gasteiger partial charge in [0, 0.05) is 34.8 Å². The van der Waals surface area contributed by atoms with E-state index in [4.69, 9.17) is 11.6 Å². The lowest BCUT2D eigenvalue weighted by Gasteiger charge is -2.46. The fraction of sp³-hybridized carbons (Fsp3) is 0.294. The smallest absolute Gasteiger partial charge is 0.335 e. The lowest BCUT2D eigenvalue weighted by Crippen LogP contribution is -2.56. The standard InChI is InChI=1S/C34H34ClN7O4/c35-27-9-12-30(42-21-37-39-40-42)25(18-27)8-13-31(43)41-20-26(22-14-16-36-17-15-22)19-29(23-4-2-1-3-5-23)32(41)33(44)38-28-10-6-24(7-11-28)34(45)46/h1-13,18,21-22,26,29,32,36H,14-17,19-20H2,(H,38,44)(H,45,46)/b13-8+/t26-,29-,32-/m0/s1. The minimum Gasteiger partial charge on any atom is -0.478 e. The molecule has 2 amide bonds. The van der Waals surface area contributed by atoms with Crippen molar-refractivity contribution < 1.29 is 19.5 Å². The highest BCUT2D eigenvalue weighted by Crippen LogP contribution is 2.41. The van der Waals surface area contributed by atoms with Gasteiger partial charge in [0.15, 0.2) is 0 Å². The number of carbonyl (C=O) groups excluding carboxylic acids is 2. The van der Waals surface area contributed by atoms with Crippen molar-refractivity contribution in [3.8, 4) is 5.69 Å². The van der Waals surface area contributed by atoms with Crippen molar-refractivity contribution >= 4 is 41.1 Å². The zero-order valence-corrected chi connectivity index (χ0v) is 25.8. The van der Waals surface area contributed by atoms with Gasteiger partial charge in [-0.25, -0.2) is 4.79 Å². The van der Waals surface area contributed by atoms with Crippen molar-refractivity contribution in [1.29, 1.82) is 0 Å². The topological polar surface area (TPSA) is 142 Å². The molecule has 3 heterocycles. The van der Waals surface area contributed by atoms with Gasteiger partial charge < -0.3 is 20.6 Å². The van der Waals surface area contributed by atoms with E-state index in [2.05, 4.69) is 26.2 Å². The number of piperidine rings is 2. The second kappa shape index (κ2) is 14.1. The van der Waals surface area contributed by atoms with Crippen LogP contribution in [0.5, 0.6) is 0 Å². The number of halogens is 1. The van der Waals surface area contributed by atoms with Crippen molar-refractivity contribution in [1.82, 2.24) is 30.4 Å². The molecule has 3 N–H and O–H groups in total. The van der Waals surface area contributed by atoms with Crippen LogP contribution in [-0.4, -0.2) is 73.7 Å². The zero-order valence-electron chi connectivity index (χ0n) is 25.0. The lowest BCUT2D eigenvalue weighted by atomic mass is 9.71. The summed E-state index contributed by atoms with van der Waals surface area (Å²) in [5.41, 5.74) is 2.84. The quantitative estimate of drug-likeness (QED) is 0.236. The van der Waals surface area contributed by atoms with Crippen LogP contribution in [0.3, 0.4) is 0 Å². The summed E-state index contributed by atoms with van der Waals surface area (Å²) in [6, 6.07) is 20.3. The van der Waals surface area contributed by atoms with Crippen LogP contribution < -0.4 is 10.6 Å². The predicted molar refractivity (Wildman–Crippen MR) is 174 cm³/mol. The summed E-state index contributed by atoms with van der Waals surface area (Å²) in [5.74, 6) is -1.33. The number of benzene rings is 3. The minimum atomic E-state index is -1.05. The van der Waals surface area contributed by atoms with Crippen LogP contribution in [0.15, 0.2) is 85.2 Å². The van der Waals surface area contributed by atoms with Crippen molar-refractivity contribution in [3.05, 3.63) is 107 Å². The first-order valence-electron chi connectivity index (χ1n) is 15.3. The normalized spacial score (nSPS) is 20.5. The van der Waals surface area contributed by atoms with Gasteiger partial charge in [0.05, 0.1) is 11.3 Å². The van der Waals surface area contributed by atoms with E-state index >= 15 is 0 Å². The van der Waals surface area contributed by atoms with Crippen molar-refractivity contribution in [2.75, 3.05) is 25.0 Å². The van der Waals surface area contributed by atoms with Crippen LogP contribution in [0.1, 0.15) is 46.7 Å². The molecule has 11 nitrogen and oxygen atoms in total. The van der Waals surface area contributed by atoms with E-state index in [-0.39, 0.29) is 29.2 Å². The van der Waals surface area contributed by atoms with E-state index < -0.39 is 12.0 Å². The Hall–Kier alpha value is -4.87. The molecule has 2 aliphatic heterocycles. The monoisotopic (exact) mass is 639 g/mol. The van der Waals surface area contributed by atoms with Gasteiger partial charge in [-0.2, -0.15) is 4.68 Å². The molecule has 0 bridgehead atoms. The van der Waals surface area contributed by atoms with E-state index in [0.29, 0.717) is 34.4 Å². The second-order valence-electron chi connectivity index (χ2n) is 11.7. The average Bonchev–Trinajstić information content (AvgIpc) is 3.62. The van der Waals surface area contributed by atoms with E-state index in [1.807, 2.05) is 30.3 Å². The maximum atomic E-state index is 14.2. The van der Waals surface area contributed by atoms with E-state index in [0.717, 1.165) is 37.9 Å². The van der Waals surface area contributed by atoms with Crippen LogP contribution in [-0.2, 0) is 9.59 Å². The summed E-state index contributed by atoms with van der Waals surface area (Å²) in [6.07, 6.45) is 7.40. The third-order valence-electron chi connectivity index (χ3n) is 8.92. The highest BCUT2D eigenvalue weighted by Gasteiger charge is 2.44. The summed E-state index contributed by atoms with van der Waals surface area (Å²) in [5, 5.41) is 27.6. The third kappa shape index (κ3) is 7.00. The Morgan fingerprint density at radius 3 is 2.43 bits per heavy atom. The first kappa shape index (κ1) is 31.1. The van der Waals surface area contributed by atoms with Gasteiger partial charge in [-0.05, 0) is 109 Å². The summed E-state index contributed by atoms with van der Waals surface area (Å²) in [7, 11) is 0. The molecule has 3 aromatic carbocycles. The summed E-state index contributed by atoms with van der Waals surface area (Å²) < 4.78 is 1.49. The van der Waals surface area contributed by atoms with Gasteiger partial charge in [-0.3, -0.25) is 9.59 Å². The molecule has 0 saturated carbocycles. The molecule has 2 saturated heterocycles. The van der Waals surface area contributed by atoms with E-state index in [1.54, 1.807) is 41.3 Å². The van der Waals surface area contributed by atoms with Crippen LogP contribution in [0.2, 0.25) is 5.02 Å². The Morgan fingerprint density at radius 2 is 1.74 bits per heavy atom. The summed E-state index contributed by atoms with van der Waals surface area (Å²) in [4.78, 5) is 41.5. The Kier molecular flexibility index (Phi) is 9.51. The molecule has 2 fully saturated rings. The number of carbonyl (C=O) groups is 3. The van der Waals surface area contributed by atoms with Crippen LogP contribution in [0.4, 0.5) is 5.69 Å². The molecule has 46 heavy (non-hydrogen) atoms. The fourth-order valence-electron chi connectivity index (χ4n) is 6.65. The fourth-order valence-corrected chi connectivity index (χ4v) is 6.83. The predicted octanol–water partition coefficient (Wildman–Crippen LogP) is 4.67. The molecule has 1 aromatic heterocycles. The highest BCUT2D eigenvalue weighted by molar-refractivity contribution is 6.30. The van der Waals surface area contributed by atoms with Crippen molar-refractivity contribution in [2.45, 2.75) is 31.2 Å². The molecule has 12 heteroatoms. The maximum absolute atomic E-state index is 14.2. The Morgan fingerprint density at radius 1 is 0.978 bits per heavy atom. The molecule has 3 atom stereocenters. The highest BCUT2D eigenvalue weighted by atomic mass is 35.5. The van der Waals surface area contributed by atoms with Gasteiger partial charge in [-0.1, -0.05) is 41.9 Å². The zero-order chi connectivity index (χ0) is 32.0. The van der Waals surface area contributed by atoms with Gasteiger partial charge in [-0.15, -0.1) is 5.10 Å². The number of hydrogen-bond donors (Lipinski definition) is 3. The van der Waals surface area contributed by atoms with Crippen LogP contribution in [0, 0.1) is 11.8 Å². The summed E-state index contributed by atoms with van der Waals surface area (Å²) in [6.45, 7) is 2.29. The number of amides is 2. The number of aromatic nitrogens is 4. The molecule has 0 spiro atoms. The van der Waals surface area contributed by atoms with Gasteiger partial charge in [0.1, 0.15) is 12.4 Å². The molecule has 2 aliphatic rings. The van der Waals surface area contributed by atoms with Crippen LogP contribution in [0.25, 0.3) is 11.8 Å². The summed E-state index contributed by atoms with van der Waals surface area (Å²) >= 11 is 6.32. The number of nitrogens with one attached hydrogen (secondary N) is 2. The lowest BCUT2D eigenvalue weighted by molar-refractivity contribution is -0.139. The molecular weight excluding hydrogens is 606 g/mol. The Balaban J connectivity index is 1.36. The van der Waals surface area contributed by atoms with Crippen molar-refractivity contribution in [2.24, 2.45) is 11.8 Å². The molecule has 6 rings (SSSR count). The third-order valence-corrected chi connectivity index (χ3v) is 9.16. The number of tetrazole rings is 1. The first-order valence-corrected chi connectivity index (χ1v) is 15.7. The number of carboxylic acid groups (broad SMARTS) is 1. The molecule has 0 aliphatic carbocycles. The van der Waals surface area contributed by atoms with Gasteiger partial charge >= 0.3 is 5.97 Å². The van der Waals surface area contributed by atoms with E-state index in [1.165, 1.54) is 29.2 Å². The largest absolute Gasteiger partial charge is 0.478 e. The number of rotatable bonds is 8.